The van der Waals surface area contributed by atoms with E-state index in [1.165, 1.54) is 30.4 Å². The number of benzene rings is 1. The molecule has 1 heteroatoms. The van der Waals surface area contributed by atoms with E-state index in [-0.39, 0.29) is 0 Å². The van der Waals surface area contributed by atoms with Gasteiger partial charge in [0.25, 0.3) is 0 Å². The zero-order valence-corrected chi connectivity index (χ0v) is 10.2. The van der Waals surface area contributed by atoms with Crippen molar-refractivity contribution in [3.63, 3.8) is 0 Å². The Morgan fingerprint density at radius 1 is 1.20 bits per heavy atom. The highest BCUT2D eigenvalue weighted by atomic mass is 14.9. The van der Waals surface area contributed by atoms with Crippen LogP contribution in [0.2, 0.25) is 0 Å². The molecular formula is C14H23N. The predicted molar refractivity (Wildman–Crippen MR) is 67.0 cm³/mol. The van der Waals surface area contributed by atoms with Crippen LogP contribution in [-0.2, 0) is 6.54 Å². The van der Waals surface area contributed by atoms with Gasteiger partial charge in [-0.05, 0) is 25.8 Å². The Morgan fingerprint density at radius 2 is 1.87 bits per heavy atom. The van der Waals surface area contributed by atoms with Crippen molar-refractivity contribution in [1.29, 1.82) is 0 Å². The van der Waals surface area contributed by atoms with Gasteiger partial charge in [-0.2, -0.15) is 0 Å². The van der Waals surface area contributed by atoms with Crippen LogP contribution in [0.4, 0.5) is 0 Å². The van der Waals surface area contributed by atoms with E-state index in [2.05, 4.69) is 50.4 Å². The Hall–Kier alpha value is -0.820. The van der Waals surface area contributed by atoms with Gasteiger partial charge in [0, 0.05) is 12.6 Å². The van der Waals surface area contributed by atoms with Crippen molar-refractivity contribution >= 4 is 0 Å². The summed E-state index contributed by atoms with van der Waals surface area (Å²) in [7, 11) is 0. The second-order valence-corrected chi connectivity index (χ2v) is 4.41. The van der Waals surface area contributed by atoms with Crippen molar-refractivity contribution in [2.75, 3.05) is 0 Å². The maximum absolute atomic E-state index is 3.55. The maximum atomic E-state index is 3.55. The third kappa shape index (κ3) is 4.98. The lowest BCUT2D eigenvalue weighted by Crippen LogP contribution is -2.25. The van der Waals surface area contributed by atoms with Crippen LogP contribution in [0.3, 0.4) is 0 Å². The zero-order chi connectivity index (χ0) is 11.1. The normalized spacial score (nSPS) is 12.7. The van der Waals surface area contributed by atoms with Crippen molar-refractivity contribution in [3.05, 3.63) is 35.4 Å². The van der Waals surface area contributed by atoms with Crippen molar-refractivity contribution in [2.24, 2.45) is 0 Å². The summed E-state index contributed by atoms with van der Waals surface area (Å²) in [6, 6.07) is 9.39. The molecule has 1 rings (SSSR count). The number of aryl methyl sites for hydroxylation is 1. The van der Waals surface area contributed by atoms with Gasteiger partial charge in [-0.1, -0.05) is 49.6 Å². The van der Waals surface area contributed by atoms with E-state index in [1.54, 1.807) is 0 Å². The van der Waals surface area contributed by atoms with Crippen molar-refractivity contribution in [3.8, 4) is 0 Å². The predicted octanol–water partition coefficient (Wildman–Crippen LogP) is 3.66. The lowest BCUT2D eigenvalue weighted by atomic mass is 10.1. The molecule has 15 heavy (non-hydrogen) atoms. The van der Waals surface area contributed by atoms with Gasteiger partial charge in [-0.15, -0.1) is 0 Å². The molecule has 0 aliphatic heterocycles. The van der Waals surface area contributed by atoms with Crippen molar-refractivity contribution in [2.45, 2.75) is 52.6 Å². The average Bonchev–Trinajstić information content (AvgIpc) is 2.25. The van der Waals surface area contributed by atoms with Crippen molar-refractivity contribution < 1.29 is 0 Å². The molecule has 0 aliphatic carbocycles. The van der Waals surface area contributed by atoms with Crippen LogP contribution < -0.4 is 5.32 Å². The van der Waals surface area contributed by atoms with Gasteiger partial charge in [-0.25, -0.2) is 0 Å². The van der Waals surface area contributed by atoms with Crippen molar-refractivity contribution in [1.82, 2.24) is 5.32 Å². The summed E-state index contributed by atoms with van der Waals surface area (Å²) in [6.07, 6.45) is 3.89. The van der Waals surface area contributed by atoms with Gasteiger partial charge in [0.15, 0.2) is 0 Å². The van der Waals surface area contributed by atoms with Crippen LogP contribution >= 0.6 is 0 Å². The quantitative estimate of drug-likeness (QED) is 0.747. The molecule has 0 heterocycles. The van der Waals surface area contributed by atoms with E-state index in [0.29, 0.717) is 6.04 Å². The van der Waals surface area contributed by atoms with E-state index in [1.807, 2.05) is 0 Å². The monoisotopic (exact) mass is 205 g/mol. The lowest BCUT2D eigenvalue weighted by Gasteiger charge is -2.13. The Bertz CT molecular complexity index is 263. The van der Waals surface area contributed by atoms with Gasteiger partial charge in [-0.3, -0.25) is 0 Å². The summed E-state index contributed by atoms with van der Waals surface area (Å²) in [6.45, 7) is 7.63. The second-order valence-electron chi connectivity index (χ2n) is 4.41. The molecule has 84 valence electrons. The Balaban J connectivity index is 2.27. The second kappa shape index (κ2) is 6.62. The molecule has 1 aromatic rings. The summed E-state index contributed by atoms with van der Waals surface area (Å²) < 4.78 is 0. The molecule has 0 fully saturated rings. The van der Waals surface area contributed by atoms with Gasteiger partial charge in [0.2, 0.25) is 0 Å². The van der Waals surface area contributed by atoms with Crippen LogP contribution in [0.1, 0.15) is 44.2 Å². The Labute approximate surface area is 93.9 Å². The first-order valence-electron chi connectivity index (χ1n) is 6.01. The summed E-state index contributed by atoms with van der Waals surface area (Å²) >= 11 is 0. The number of hydrogen-bond donors (Lipinski definition) is 1. The molecule has 1 N–H and O–H groups in total. The molecule has 0 spiro atoms. The summed E-state index contributed by atoms with van der Waals surface area (Å²) in [5, 5.41) is 3.55. The van der Waals surface area contributed by atoms with E-state index in [4.69, 9.17) is 0 Å². The SMILES string of the molecule is CCCCC(C)NCc1ccc(C)cc1. The lowest BCUT2D eigenvalue weighted by molar-refractivity contribution is 0.495. The highest BCUT2D eigenvalue weighted by molar-refractivity contribution is 5.21. The topological polar surface area (TPSA) is 12.0 Å². The molecule has 1 unspecified atom stereocenters. The minimum Gasteiger partial charge on any atom is -0.310 e. The molecule has 0 bridgehead atoms. The first-order valence-corrected chi connectivity index (χ1v) is 6.01. The number of unbranched alkanes of at least 4 members (excludes halogenated alkanes) is 1. The fraction of sp³-hybridized carbons (Fsp3) is 0.571. The molecule has 0 aliphatic rings. The molecule has 0 saturated carbocycles. The smallest absolute Gasteiger partial charge is 0.0207 e. The minimum absolute atomic E-state index is 0.631. The Kier molecular flexibility index (Phi) is 5.41. The molecule has 0 aromatic heterocycles. The third-order valence-electron chi connectivity index (χ3n) is 2.77. The minimum atomic E-state index is 0.631. The largest absolute Gasteiger partial charge is 0.310 e. The molecular weight excluding hydrogens is 182 g/mol. The van der Waals surface area contributed by atoms with E-state index < -0.39 is 0 Å². The summed E-state index contributed by atoms with van der Waals surface area (Å²) in [4.78, 5) is 0. The Morgan fingerprint density at radius 3 is 2.47 bits per heavy atom. The summed E-state index contributed by atoms with van der Waals surface area (Å²) in [5.41, 5.74) is 2.71. The van der Waals surface area contributed by atoms with Gasteiger partial charge >= 0.3 is 0 Å². The van der Waals surface area contributed by atoms with Crippen LogP contribution in [-0.4, -0.2) is 6.04 Å². The van der Waals surface area contributed by atoms with Crippen LogP contribution in [0.25, 0.3) is 0 Å². The average molecular weight is 205 g/mol. The van der Waals surface area contributed by atoms with Gasteiger partial charge in [0.05, 0.1) is 0 Å². The fourth-order valence-electron chi connectivity index (χ4n) is 1.61. The maximum Gasteiger partial charge on any atom is 0.0207 e. The van der Waals surface area contributed by atoms with E-state index >= 15 is 0 Å². The molecule has 1 atom stereocenters. The van der Waals surface area contributed by atoms with Gasteiger partial charge < -0.3 is 5.32 Å². The fourth-order valence-corrected chi connectivity index (χ4v) is 1.61. The molecule has 0 radical (unpaired) electrons. The van der Waals surface area contributed by atoms with Crippen LogP contribution in [0.5, 0.6) is 0 Å². The summed E-state index contributed by atoms with van der Waals surface area (Å²) in [5.74, 6) is 0. The van der Waals surface area contributed by atoms with E-state index in [0.717, 1.165) is 6.54 Å². The number of hydrogen-bond acceptors (Lipinski definition) is 1. The zero-order valence-electron chi connectivity index (χ0n) is 10.2. The van der Waals surface area contributed by atoms with Crippen LogP contribution in [0.15, 0.2) is 24.3 Å². The van der Waals surface area contributed by atoms with Crippen LogP contribution in [0, 0.1) is 6.92 Å². The third-order valence-corrected chi connectivity index (χ3v) is 2.77. The number of rotatable bonds is 6. The molecule has 1 aromatic carbocycles. The van der Waals surface area contributed by atoms with Gasteiger partial charge in [0.1, 0.15) is 0 Å². The van der Waals surface area contributed by atoms with E-state index in [9.17, 15) is 0 Å². The standard InChI is InChI=1S/C14H23N/c1-4-5-6-13(3)15-11-14-9-7-12(2)8-10-14/h7-10,13,15H,4-6,11H2,1-3H3. The molecule has 1 nitrogen and oxygen atoms in total. The number of nitrogens with one attached hydrogen (secondary N) is 1. The first-order chi connectivity index (χ1) is 7.22. The molecule has 0 amide bonds. The first kappa shape index (κ1) is 12.3. The highest BCUT2D eigenvalue weighted by Crippen LogP contribution is 2.04. The highest BCUT2D eigenvalue weighted by Gasteiger charge is 2.00. The molecule has 0 saturated heterocycles.